The lowest BCUT2D eigenvalue weighted by Crippen LogP contribution is -2.14. The minimum absolute atomic E-state index is 0.543. The molecule has 2 fully saturated rings. The lowest BCUT2D eigenvalue weighted by molar-refractivity contribution is 0.322. The highest BCUT2D eigenvalue weighted by atomic mass is 16.5. The topological polar surface area (TPSA) is 52.0 Å². The molecule has 1 aromatic rings. The molecular formula is C15H24N2O. The summed E-state index contributed by atoms with van der Waals surface area (Å²) in [6, 6.07) is 0. The molecule has 3 unspecified atom stereocenters. The van der Waals surface area contributed by atoms with Gasteiger partial charge in [-0.1, -0.05) is 25.4 Å². The average molecular weight is 248 g/mol. The van der Waals surface area contributed by atoms with Crippen molar-refractivity contribution in [2.24, 2.45) is 23.7 Å². The summed E-state index contributed by atoms with van der Waals surface area (Å²) in [5, 5.41) is 4.22. The molecule has 100 valence electrons. The maximum Gasteiger partial charge on any atom is 0.225 e. The summed E-state index contributed by atoms with van der Waals surface area (Å²) in [6.07, 6.45) is 7.83. The second-order valence-electron chi connectivity index (χ2n) is 6.71. The van der Waals surface area contributed by atoms with E-state index in [2.05, 4.69) is 19.0 Å². The van der Waals surface area contributed by atoms with Crippen LogP contribution >= 0.6 is 0 Å². The van der Waals surface area contributed by atoms with Crippen molar-refractivity contribution in [3.63, 3.8) is 0 Å². The highest BCUT2D eigenvalue weighted by Crippen LogP contribution is 2.49. The Hall–Kier alpha value is -0.990. The van der Waals surface area contributed by atoms with Crippen molar-refractivity contribution in [3.05, 3.63) is 11.3 Å². The normalized spacial score (nSPS) is 30.5. The van der Waals surface area contributed by atoms with E-state index in [-0.39, 0.29) is 0 Å². The van der Waals surface area contributed by atoms with Crippen LogP contribution in [0.25, 0.3) is 0 Å². The van der Waals surface area contributed by atoms with E-state index in [0.29, 0.717) is 11.8 Å². The molecule has 0 radical (unpaired) electrons. The molecular weight excluding hydrogens is 224 g/mol. The summed E-state index contributed by atoms with van der Waals surface area (Å²) >= 11 is 0. The number of fused-ring (bicyclic) bond motifs is 2. The van der Waals surface area contributed by atoms with Crippen LogP contribution in [0, 0.1) is 23.7 Å². The third kappa shape index (κ3) is 2.15. The number of nitrogens with zero attached hydrogens (tertiary/aromatic N) is 1. The molecule has 1 heterocycles. The van der Waals surface area contributed by atoms with Crippen LogP contribution in [0.1, 0.15) is 50.8 Å². The summed E-state index contributed by atoms with van der Waals surface area (Å²) < 4.78 is 5.21. The fourth-order valence-corrected chi connectivity index (χ4v) is 4.02. The summed E-state index contributed by atoms with van der Waals surface area (Å²) in [6.45, 7) is 4.43. The fourth-order valence-electron chi connectivity index (χ4n) is 4.02. The number of nitrogen functional groups attached to an aromatic ring is 1. The van der Waals surface area contributed by atoms with Crippen molar-refractivity contribution < 1.29 is 4.52 Å². The van der Waals surface area contributed by atoms with Gasteiger partial charge in [-0.25, -0.2) is 0 Å². The molecule has 2 saturated carbocycles. The first-order valence-corrected chi connectivity index (χ1v) is 7.36. The quantitative estimate of drug-likeness (QED) is 0.888. The Morgan fingerprint density at radius 2 is 2.17 bits per heavy atom. The van der Waals surface area contributed by atoms with Crippen molar-refractivity contribution in [1.29, 1.82) is 0 Å². The van der Waals surface area contributed by atoms with Gasteiger partial charge in [-0.15, -0.1) is 0 Å². The maximum absolute atomic E-state index is 5.91. The largest absolute Gasteiger partial charge is 0.367 e. The van der Waals surface area contributed by atoms with Gasteiger partial charge in [-0.2, -0.15) is 0 Å². The lowest BCUT2D eigenvalue weighted by atomic mass is 9.84. The Bertz CT molecular complexity index is 424. The smallest absolute Gasteiger partial charge is 0.225 e. The molecule has 0 saturated heterocycles. The van der Waals surface area contributed by atoms with E-state index < -0.39 is 0 Å². The standard InChI is InChI=1S/C15H24N2O/c1-9(2)5-13-14(17-18-15(13)16)8-12-7-10-3-4-11(12)6-10/h9-12H,3-8,16H2,1-2H3. The van der Waals surface area contributed by atoms with Gasteiger partial charge in [0.2, 0.25) is 5.88 Å². The van der Waals surface area contributed by atoms with Gasteiger partial charge in [-0.3, -0.25) is 0 Å². The summed E-state index contributed by atoms with van der Waals surface area (Å²) in [5.74, 6) is 3.92. The van der Waals surface area contributed by atoms with Crippen molar-refractivity contribution >= 4 is 5.88 Å². The van der Waals surface area contributed by atoms with Crippen LogP contribution in [0.3, 0.4) is 0 Å². The molecule has 18 heavy (non-hydrogen) atoms. The summed E-state index contributed by atoms with van der Waals surface area (Å²) in [7, 11) is 0. The third-order valence-corrected chi connectivity index (χ3v) is 4.85. The van der Waals surface area contributed by atoms with Gasteiger partial charge in [0.25, 0.3) is 0 Å². The first kappa shape index (κ1) is 12.1. The van der Waals surface area contributed by atoms with Crippen molar-refractivity contribution in [2.45, 2.75) is 52.4 Å². The molecule has 0 aliphatic heterocycles. The monoisotopic (exact) mass is 248 g/mol. The Morgan fingerprint density at radius 1 is 1.33 bits per heavy atom. The molecule has 0 spiro atoms. The van der Waals surface area contributed by atoms with Gasteiger partial charge in [0.05, 0.1) is 5.69 Å². The fraction of sp³-hybridized carbons (Fsp3) is 0.800. The maximum atomic E-state index is 5.91. The van der Waals surface area contributed by atoms with E-state index in [1.54, 1.807) is 0 Å². The number of aromatic nitrogens is 1. The van der Waals surface area contributed by atoms with Crippen LogP contribution in [0.2, 0.25) is 0 Å². The number of nitrogens with two attached hydrogens (primary N) is 1. The van der Waals surface area contributed by atoms with E-state index in [1.807, 2.05) is 0 Å². The van der Waals surface area contributed by atoms with E-state index >= 15 is 0 Å². The Labute approximate surface area is 109 Å². The molecule has 0 amide bonds. The molecule has 0 aromatic carbocycles. The molecule has 2 N–H and O–H groups in total. The van der Waals surface area contributed by atoms with Crippen molar-refractivity contribution in [3.8, 4) is 0 Å². The second-order valence-corrected chi connectivity index (χ2v) is 6.71. The van der Waals surface area contributed by atoms with Crippen LogP contribution in [0.5, 0.6) is 0 Å². The first-order chi connectivity index (χ1) is 8.63. The van der Waals surface area contributed by atoms with Crippen LogP contribution in [0.15, 0.2) is 4.52 Å². The minimum atomic E-state index is 0.543. The molecule has 3 nitrogen and oxygen atoms in total. The van der Waals surface area contributed by atoms with Crippen LogP contribution in [0.4, 0.5) is 5.88 Å². The van der Waals surface area contributed by atoms with Gasteiger partial charge >= 0.3 is 0 Å². The minimum Gasteiger partial charge on any atom is -0.367 e. The summed E-state index contributed by atoms with van der Waals surface area (Å²) in [4.78, 5) is 0. The third-order valence-electron chi connectivity index (χ3n) is 4.85. The van der Waals surface area contributed by atoms with Crippen molar-refractivity contribution in [1.82, 2.24) is 5.16 Å². The van der Waals surface area contributed by atoms with Crippen LogP contribution < -0.4 is 5.73 Å². The van der Waals surface area contributed by atoms with E-state index in [9.17, 15) is 0 Å². The zero-order chi connectivity index (χ0) is 12.7. The Morgan fingerprint density at radius 3 is 2.78 bits per heavy atom. The molecule has 2 aliphatic rings. The average Bonchev–Trinajstić information content (AvgIpc) is 2.99. The van der Waals surface area contributed by atoms with Gasteiger partial charge in [0.1, 0.15) is 0 Å². The SMILES string of the molecule is CC(C)Cc1c(CC2CC3CCC2C3)noc1N. The second kappa shape index (κ2) is 4.60. The van der Waals surface area contributed by atoms with Gasteiger partial charge in [0.15, 0.2) is 0 Å². The van der Waals surface area contributed by atoms with Gasteiger partial charge < -0.3 is 10.3 Å². The van der Waals surface area contributed by atoms with E-state index in [4.69, 9.17) is 10.3 Å². The predicted molar refractivity (Wildman–Crippen MR) is 72.1 cm³/mol. The summed E-state index contributed by atoms with van der Waals surface area (Å²) in [5.41, 5.74) is 8.22. The van der Waals surface area contributed by atoms with Gasteiger partial charge in [0, 0.05) is 5.56 Å². The molecule has 3 atom stereocenters. The molecule has 2 aliphatic carbocycles. The highest BCUT2D eigenvalue weighted by molar-refractivity contribution is 5.39. The Balaban J connectivity index is 1.72. The predicted octanol–water partition coefficient (Wildman–Crippen LogP) is 3.43. The van der Waals surface area contributed by atoms with Crippen LogP contribution in [-0.4, -0.2) is 5.16 Å². The Kier molecular flexibility index (Phi) is 3.08. The zero-order valence-corrected chi connectivity index (χ0v) is 11.5. The number of rotatable bonds is 4. The lowest BCUT2D eigenvalue weighted by Gasteiger charge is -2.20. The zero-order valence-electron chi connectivity index (χ0n) is 11.5. The first-order valence-electron chi connectivity index (χ1n) is 7.36. The molecule has 1 aromatic heterocycles. The van der Waals surface area contributed by atoms with E-state index in [0.717, 1.165) is 36.3 Å². The highest BCUT2D eigenvalue weighted by Gasteiger charge is 2.40. The molecule has 3 rings (SSSR count). The van der Waals surface area contributed by atoms with Gasteiger partial charge in [-0.05, 0) is 55.8 Å². The van der Waals surface area contributed by atoms with Crippen LogP contribution in [-0.2, 0) is 12.8 Å². The van der Waals surface area contributed by atoms with Crippen molar-refractivity contribution in [2.75, 3.05) is 5.73 Å². The molecule has 2 bridgehead atoms. The number of hydrogen-bond donors (Lipinski definition) is 1. The van der Waals surface area contributed by atoms with E-state index in [1.165, 1.54) is 31.2 Å². The number of hydrogen-bond acceptors (Lipinski definition) is 3. The molecule has 3 heteroatoms. The number of anilines is 1.